The fraction of sp³-hybridized carbons (Fsp3) is 0.364. The number of nitrogens with one attached hydrogen (secondary N) is 2. The van der Waals surface area contributed by atoms with Gasteiger partial charge in [-0.3, -0.25) is 4.79 Å². The number of anilines is 2. The third-order valence-corrected chi connectivity index (χ3v) is 8.23. The van der Waals surface area contributed by atoms with Crippen molar-refractivity contribution in [3.05, 3.63) is 46.5 Å². The van der Waals surface area contributed by atoms with Crippen molar-refractivity contribution in [1.82, 2.24) is 9.21 Å². The average molecular weight is 493 g/mol. The highest BCUT2D eigenvalue weighted by atomic mass is 35.5. The van der Waals surface area contributed by atoms with Gasteiger partial charge < -0.3 is 20.3 Å². The zero-order valence-corrected chi connectivity index (χ0v) is 20.1. The van der Waals surface area contributed by atoms with Crippen LogP contribution in [-0.4, -0.2) is 61.8 Å². The van der Waals surface area contributed by atoms with E-state index in [0.717, 1.165) is 11.1 Å². The second kappa shape index (κ2) is 8.85. The Morgan fingerprint density at radius 3 is 2.48 bits per heavy atom. The smallest absolute Gasteiger partial charge is 0.321 e. The van der Waals surface area contributed by atoms with Gasteiger partial charge in [0, 0.05) is 37.9 Å². The molecule has 3 amide bonds. The minimum atomic E-state index is -3.93. The van der Waals surface area contributed by atoms with Crippen LogP contribution in [0.25, 0.3) is 0 Å². The fourth-order valence-electron chi connectivity index (χ4n) is 3.70. The van der Waals surface area contributed by atoms with Crippen LogP contribution in [0.5, 0.6) is 5.75 Å². The number of ether oxygens (including phenoxy) is 1. The molecule has 9 nitrogen and oxygen atoms in total. The van der Waals surface area contributed by atoms with Crippen molar-refractivity contribution in [1.29, 1.82) is 0 Å². The zero-order valence-electron chi connectivity index (χ0n) is 18.5. The highest BCUT2D eigenvalue weighted by Gasteiger charge is 2.34. The predicted octanol–water partition coefficient (Wildman–Crippen LogP) is 3.21. The van der Waals surface area contributed by atoms with Gasteiger partial charge in [-0.2, -0.15) is 4.31 Å². The summed E-state index contributed by atoms with van der Waals surface area (Å²) in [5, 5.41) is 5.50. The number of hydrogen-bond donors (Lipinski definition) is 2. The molecule has 1 unspecified atom stereocenters. The molecule has 176 valence electrons. The van der Waals surface area contributed by atoms with E-state index in [2.05, 4.69) is 10.6 Å². The molecule has 11 heteroatoms. The third kappa shape index (κ3) is 4.64. The summed E-state index contributed by atoms with van der Waals surface area (Å²) in [6.45, 7) is 6.28. The maximum Gasteiger partial charge on any atom is 0.321 e. The number of carbonyl (C=O) groups excluding carboxylic acids is 2. The first-order valence-electron chi connectivity index (χ1n) is 10.5. The molecule has 2 aliphatic rings. The van der Waals surface area contributed by atoms with Crippen LogP contribution in [-0.2, 0) is 14.8 Å². The van der Waals surface area contributed by atoms with Crippen molar-refractivity contribution in [3.63, 3.8) is 0 Å². The van der Waals surface area contributed by atoms with Crippen LogP contribution in [0, 0.1) is 13.8 Å². The lowest BCUT2D eigenvalue weighted by Crippen LogP contribution is -2.51. The molecular formula is C22H25ClN4O5S. The summed E-state index contributed by atoms with van der Waals surface area (Å²) in [5.74, 6) is -0.0825. The van der Waals surface area contributed by atoms with Gasteiger partial charge in [0.2, 0.25) is 10.0 Å². The van der Waals surface area contributed by atoms with E-state index in [1.807, 2.05) is 32.0 Å². The molecule has 2 aromatic carbocycles. The van der Waals surface area contributed by atoms with Crippen LogP contribution < -0.4 is 15.4 Å². The number of fused-ring (bicyclic) bond motifs is 1. The Labute approximate surface area is 197 Å². The van der Waals surface area contributed by atoms with Crippen molar-refractivity contribution >= 4 is 44.9 Å². The largest absolute Gasteiger partial charge is 0.479 e. The maximum atomic E-state index is 13.3. The third-order valence-electron chi connectivity index (χ3n) is 5.87. The minimum absolute atomic E-state index is 0.0119. The lowest BCUT2D eigenvalue weighted by atomic mass is 10.1. The summed E-state index contributed by atoms with van der Waals surface area (Å²) < 4.78 is 33.3. The predicted molar refractivity (Wildman–Crippen MR) is 125 cm³/mol. The van der Waals surface area contributed by atoms with Gasteiger partial charge in [0.1, 0.15) is 10.6 Å². The molecule has 1 fully saturated rings. The molecule has 1 saturated heterocycles. The molecule has 0 bridgehead atoms. The summed E-state index contributed by atoms with van der Waals surface area (Å²) in [4.78, 5) is 25.9. The normalized spacial score (nSPS) is 18.8. The van der Waals surface area contributed by atoms with E-state index in [9.17, 15) is 18.0 Å². The first-order chi connectivity index (χ1) is 15.6. The Kier molecular flexibility index (Phi) is 6.26. The number of benzene rings is 2. The van der Waals surface area contributed by atoms with Gasteiger partial charge in [0.25, 0.3) is 5.91 Å². The summed E-state index contributed by atoms with van der Waals surface area (Å²) >= 11 is 6.26. The summed E-state index contributed by atoms with van der Waals surface area (Å²) in [5.41, 5.74) is 3.23. The van der Waals surface area contributed by atoms with Crippen LogP contribution >= 0.6 is 11.6 Å². The number of amides is 3. The highest BCUT2D eigenvalue weighted by molar-refractivity contribution is 7.89. The second-order valence-electron chi connectivity index (χ2n) is 8.15. The summed E-state index contributed by atoms with van der Waals surface area (Å²) in [7, 11) is -3.93. The van der Waals surface area contributed by atoms with E-state index in [1.54, 1.807) is 11.8 Å². The molecule has 0 radical (unpaired) electrons. The molecule has 2 heterocycles. The number of piperazine rings is 1. The molecule has 2 aliphatic heterocycles. The van der Waals surface area contributed by atoms with Gasteiger partial charge in [-0.05, 0) is 50.1 Å². The van der Waals surface area contributed by atoms with Crippen molar-refractivity contribution in [2.75, 3.05) is 36.8 Å². The molecule has 4 rings (SSSR count). The van der Waals surface area contributed by atoms with E-state index in [4.69, 9.17) is 16.3 Å². The first kappa shape index (κ1) is 23.3. The topological polar surface area (TPSA) is 108 Å². The summed E-state index contributed by atoms with van der Waals surface area (Å²) in [6, 6.07) is 8.11. The Bertz CT molecular complexity index is 1230. The Hall–Kier alpha value is -2.82. The molecule has 2 aromatic rings. The first-order valence-corrected chi connectivity index (χ1v) is 12.3. The van der Waals surface area contributed by atoms with Crippen molar-refractivity contribution in [2.45, 2.75) is 31.8 Å². The van der Waals surface area contributed by atoms with Gasteiger partial charge in [0.15, 0.2) is 6.10 Å². The zero-order chi connectivity index (χ0) is 23.9. The van der Waals surface area contributed by atoms with Gasteiger partial charge in [-0.15, -0.1) is 0 Å². The monoisotopic (exact) mass is 492 g/mol. The number of urea groups is 1. The Morgan fingerprint density at radius 1 is 1.12 bits per heavy atom. The molecule has 0 aliphatic carbocycles. The molecular weight excluding hydrogens is 468 g/mol. The number of hydrogen-bond acceptors (Lipinski definition) is 5. The molecule has 1 atom stereocenters. The van der Waals surface area contributed by atoms with Crippen LogP contribution in [0.3, 0.4) is 0 Å². The molecule has 0 aromatic heterocycles. The van der Waals surface area contributed by atoms with Crippen LogP contribution in [0.2, 0.25) is 5.02 Å². The number of halogens is 1. The van der Waals surface area contributed by atoms with Gasteiger partial charge >= 0.3 is 6.03 Å². The van der Waals surface area contributed by atoms with Crippen LogP contribution in [0.1, 0.15) is 18.1 Å². The van der Waals surface area contributed by atoms with Gasteiger partial charge in [-0.1, -0.05) is 17.7 Å². The molecule has 33 heavy (non-hydrogen) atoms. The van der Waals surface area contributed by atoms with Gasteiger partial charge in [0.05, 0.1) is 10.7 Å². The lowest BCUT2D eigenvalue weighted by Gasteiger charge is -2.34. The van der Waals surface area contributed by atoms with Crippen molar-refractivity contribution < 1.29 is 22.7 Å². The number of sulfonamides is 1. The number of nitrogens with zero attached hydrogens (tertiary/aromatic N) is 2. The Balaban J connectivity index is 1.45. The van der Waals surface area contributed by atoms with E-state index in [0.29, 0.717) is 11.4 Å². The number of rotatable bonds is 3. The fourth-order valence-corrected chi connectivity index (χ4v) is 5.64. The SMILES string of the molecule is Cc1ccc(NC(=O)N2CCN(S(=O)(=O)c3cc4c(cc3Cl)NC(=O)C(C)O4)CC2)cc1C. The second-order valence-corrected chi connectivity index (χ2v) is 10.5. The standard InChI is InChI=1S/C22H25ClN4O5S/c1-13-4-5-16(10-14(13)2)24-22(29)26-6-8-27(9-7-26)33(30,31)20-12-19-18(11-17(20)23)25-21(28)15(3)32-19/h4-5,10-12,15H,6-9H2,1-3H3,(H,24,29)(H,25,28). The van der Waals surface area contributed by atoms with E-state index < -0.39 is 16.1 Å². The average Bonchev–Trinajstić information content (AvgIpc) is 2.77. The number of aryl methyl sites for hydroxylation is 2. The molecule has 0 spiro atoms. The van der Waals surface area contributed by atoms with Crippen LogP contribution in [0.15, 0.2) is 35.2 Å². The molecule has 2 N–H and O–H groups in total. The lowest BCUT2D eigenvalue weighted by molar-refractivity contribution is -0.122. The summed E-state index contributed by atoms with van der Waals surface area (Å²) in [6.07, 6.45) is -0.742. The van der Waals surface area contributed by atoms with Gasteiger partial charge in [-0.25, -0.2) is 13.2 Å². The highest BCUT2D eigenvalue weighted by Crippen LogP contribution is 2.38. The van der Waals surface area contributed by atoms with E-state index in [1.165, 1.54) is 16.4 Å². The number of carbonyl (C=O) groups is 2. The van der Waals surface area contributed by atoms with Crippen LogP contribution in [0.4, 0.5) is 16.2 Å². The van der Waals surface area contributed by atoms with Crippen molar-refractivity contribution in [3.8, 4) is 5.75 Å². The van der Waals surface area contributed by atoms with E-state index in [-0.39, 0.29) is 53.8 Å². The van der Waals surface area contributed by atoms with Crippen molar-refractivity contribution in [2.24, 2.45) is 0 Å². The quantitative estimate of drug-likeness (QED) is 0.684. The van der Waals surface area contributed by atoms with E-state index >= 15 is 0 Å². The minimum Gasteiger partial charge on any atom is -0.479 e. The molecule has 0 saturated carbocycles. The Morgan fingerprint density at radius 2 is 1.82 bits per heavy atom. The maximum absolute atomic E-state index is 13.3.